The summed E-state index contributed by atoms with van der Waals surface area (Å²) in [6.07, 6.45) is 0. The average Bonchev–Trinajstić information content (AvgIpc) is 3.25. The van der Waals surface area contributed by atoms with Crippen LogP contribution >= 0.6 is 11.8 Å². The first-order chi connectivity index (χ1) is 14.6. The van der Waals surface area contributed by atoms with Gasteiger partial charge in [0.05, 0.1) is 25.2 Å². The minimum absolute atomic E-state index is 0.0142. The number of tetrazole rings is 1. The first-order valence-electron chi connectivity index (χ1n) is 8.98. The van der Waals surface area contributed by atoms with Crippen molar-refractivity contribution in [3.8, 4) is 17.2 Å². The van der Waals surface area contributed by atoms with Crippen molar-refractivity contribution < 1.29 is 19.1 Å². The molecule has 2 aromatic carbocycles. The number of amides is 2. The van der Waals surface area contributed by atoms with Crippen LogP contribution in [0.4, 0.5) is 0 Å². The van der Waals surface area contributed by atoms with E-state index < -0.39 is 11.8 Å². The molecule has 0 radical (unpaired) electrons. The Labute approximate surface area is 176 Å². The van der Waals surface area contributed by atoms with Gasteiger partial charge in [-0.25, -0.2) is 0 Å². The Morgan fingerprint density at radius 2 is 1.73 bits per heavy atom. The van der Waals surface area contributed by atoms with E-state index in [1.165, 1.54) is 4.68 Å². The molecule has 0 spiro atoms. The summed E-state index contributed by atoms with van der Waals surface area (Å²) < 4.78 is 12.0. The Bertz CT molecular complexity index is 991. The summed E-state index contributed by atoms with van der Waals surface area (Å²) in [5, 5.41) is 12.0. The first kappa shape index (κ1) is 21.1. The van der Waals surface area contributed by atoms with Gasteiger partial charge < -0.3 is 9.47 Å². The number of carbonyl (C=O) groups excluding carboxylic acids is 2. The second kappa shape index (κ2) is 10.3. The lowest BCUT2D eigenvalue weighted by Gasteiger charge is -2.08. The van der Waals surface area contributed by atoms with Crippen LogP contribution in [0.2, 0.25) is 0 Å². The number of nitrogens with one attached hydrogen (secondary N) is 2. The zero-order chi connectivity index (χ0) is 21.3. The van der Waals surface area contributed by atoms with Gasteiger partial charge in [-0.05, 0) is 65.9 Å². The standard InChI is InChI=1S/C19H20N6O4S/c1-3-29-16-10-6-14(7-11-16)25-19(22-23-24-25)30-12-17(26)20-21-18(27)13-4-8-15(28-2)9-5-13/h4-11H,3,12H2,1-2H3,(H,20,26)(H,21,27). The molecule has 11 heteroatoms. The zero-order valence-electron chi connectivity index (χ0n) is 16.4. The fraction of sp³-hybridized carbons (Fsp3) is 0.211. The number of methoxy groups -OCH3 is 1. The smallest absolute Gasteiger partial charge is 0.269 e. The predicted octanol–water partition coefficient (Wildman–Crippen LogP) is 1.62. The molecule has 1 aromatic heterocycles. The molecule has 0 fully saturated rings. The highest BCUT2D eigenvalue weighted by Crippen LogP contribution is 2.20. The van der Waals surface area contributed by atoms with Crippen molar-refractivity contribution in [3.63, 3.8) is 0 Å². The lowest BCUT2D eigenvalue weighted by atomic mass is 10.2. The molecule has 0 aliphatic carbocycles. The Balaban J connectivity index is 1.51. The highest BCUT2D eigenvalue weighted by atomic mass is 32.2. The number of benzene rings is 2. The van der Waals surface area contributed by atoms with Crippen molar-refractivity contribution in [2.24, 2.45) is 0 Å². The number of hydrogen-bond acceptors (Lipinski definition) is 8. The van der Waals surface area contributed by atoms with E-state index >= 15 is 0 Å². The Morgan fingerprint density at radius 3 is 2.40 bits per heavy atom. The maximum absolute atomic E-state index is 12.1. The van der Waals surface area contributed by atoms with Gasteiger partial charge in [-0.3, -0.25) is 20.4 Å². The van der Waals surface area contributed by atoms with E-state index in [0.29, 0.717) is 23.1 Å². The quantitative estimate of drug-likeness (QED) is 0.410. The van der Waals surface area contributed by atoms with Crippen LogP contribution in [0.5, 0.6) is 11.5 Å². The van der Waals surface area contributed by atoms with Gasteiger partial charge in [0.2, 0.25) is 11.1 Å². The average molecular weight is 428 g/mol. The van der Waals surface area contributed by atoms with Crippen LogP contribution in [-0.2, 0) is 4.79 Å². The Hall–Kier alpha value is -3.60. The molecule has 0 unspecified atom stereocenters. The van der Waals surface area contributed by atoms with Gasteiger partial charge in [-0.1, -0.05) is 11.8 Å². The van der Waals surface area contributed by atoms with Gasteiger partial charge in [0.25, 0.3) is 5.91 Å². The summed E-state index contributed by atoms with van der Waals surface area (Å²) >= 11 is 1.14. The number of carbonyl (C=O) groups is 2. The molecule has 0 saturated heterocycles. The van der Waals surface area contributed by atoms with Crippen LogP contribution in [0.1, 0.15) is 17.3 Å². The minimum atomic E-state index is -0.435. The van der Waals surface area contributed by atoms with Crippen molar-refractivity contribution >= 4 is 23.6 Å². The summed E-state index contributed by atoms with van der Waals surface area (Å²) in [7, 11) is 1.54. The van der Waals surface area contributed by atoms with Crippen LogP contribution in [0.25, 0.3) is 5.69 Å². The highest BCUT2D eigenvalue weighted by molar-refractivity contribution is 7.99. The van der Waals surface area contributed by atoms with E-state index in [2.05, 4.69) is 26.4 Å². The fourth-order valence-corrected chi connectivity index (χ4v) is 3.08. The Kier molecular flexibility index (Phi) is 7.22. The molecule has 3 rings (SSSR count). The highest BCUT2D eigenvalue weighted by Gasteiger charge is 2.13. The van der Waals surface area contributed by atoms with E-state index in [1.807, 2.05) is 31.2 Å². The molecule has 1 heterocycles. The van der Waals surface area contributed by atoms with Crippen molar-refractivity contribution in [1.82, 2.24) is 31.1 Å². The summed E-state index contributed by atoms with van der Waals surface area (Å²) in [4.78, 5) is 24.2. The summed E-state index contributed by atoms with van der Waals surface area (Å²) in [5.41, 5.74) is 5.86. The molecule has 2 N–H and O–H groups in total. The van der Waals surface area contributed by atoms with Crippen LogP contribution in [0.15, 0.2) is 53.7 Å². The monoisotopic (exact) mass is 428 g/mol. The maximum Gasteiger partial charge on any atom is 0.269 e. The topological polar surface area (TPSA) is 120 Å². The molecule has 2 amide bonds. The minimum Gasteiger partial charge on any atom is -0.497 e. The number of hydrazine groups is 1. The molecular weight excluding hydrogens is 408 g/mol. The molecule has 0 aliphatic rings. The lowest BCUT2D eigenvalue weighted by Crippen LogP contribution is -2.42. The third-order valence-corrected chi connectivity index (χ3v) is 4.75. The number of ether oxygens (including phenoxy) is 2. The van der Waals surface area contributed by atoms with Crippen LogP contribution in [0.3, 0.4) is 0 Å². The summed E-state index contributed by atoms with van der Waals surface area (Å²) in [5.74, 6) is 0.561. The molecule has 0 atom stereocenters. The number of thioether (sulfide) groups is 1. The van der Waals surface area contributed by atoms with Crippen molar-refractivity contribution in [2.75, 3.05) is 19.5 Å². The molecule has 0 bridgehead atoms. The second-order valence-corrected chi connectivity index (χ2v) is 6.76. The number of rotatable bonds is 8. The predicted molar refractivity (Wildman–Crippen MR) is 110 cm³/mol. The van der Waals surface area contributed by atoms with Gasteiger partial charge in [0, 0.05) is 5.56 Å². The number of aromatic nitrogens is 4. The van der Waals surface area contributed by atoms with E-state index in [0.717, 1.165) is 23.2 Å². The molecule has 10 nitrogen and oxygen atoms in total. The third-order valence-electron chi connectivity index (χ3n) is 3.83. The lowest BCUT2D eigenvalue weighted by molar-refractivity contribution is -0.119. The van der Waals surface area contributed by atoms with Crippen LogP contribution in [0, 0.1) is 0 Å². The third kappa shape index (κ3) is 5.47. The van der Waals surface area contributed by atoms with E-state index in [-0.39, 0.29) is 5.75 Å². The largest absolute Gasteiger partial charge is 0.497 e. The maximum atomic E-state index is 12.1. The van der Waals surface area contributed by atoms with Gasteiger partial charge >= 0.3 is 0 Å². The second-order valence-electron chi connectivity index (χ2n) is 5.82. The van der Waals surface area contributed by atoms with Crippen molar-refractivity contribution in [3.05, 3.63) is 54.1 Å². The molecule has 30 heavy (non-hydrogen) atoms. The normalized spacial score (nSPS) is 10.3. The number of nitrogens with zero attached hydrogens (tertiary/aromatic N) is 4. The fourth-order valence-electron chi connectivity index (χ4n) is 2.39. The number of hydrogen-bond donors (Lipinski definition) is 2. The van der Waals surface area contributed by atoms with E-state index in [4.69, 9.17) is 9.47 Å². The molecular formula is C19H20N6O4S. The van der Waals surface area contributed by atoms with Gasteiger partial charge in [0.15, 0.2) is 0 Å². The molecule has 0 saturated carbocycles. The zero-order valence-corrected chi connectivity index (χ0v) is 17.2. The Morgan fingerprint density at radius 1 is 1.03 bits per heavy atom. The van der Waals surface area contributed by atoms with Gasteiger partial charge in [0.1, 0.15) is 11.5 Å². The van der Waals surface area contributed by atoms with Crippen molar-refractivity contribution in [2.45, 2.75) is 12.1 Å². The SMILES string of the molecule is CCOc1ccc(-n2nnnc2SCC(=O)NNC(=O)c2ccc(OC)cc2)cc1. The van der Waals surface area contributed by atoms with Crippen molar-refractivity contribution in [1.29, 1.82) is 0 Å². The molecule has 3 aromatic rings. The van der Waals surface area contributed by atoms with E-state index in [9.17, 15) is 9.59 Å². The first-order valence-corrected chi connectivity index (χ1v) is 9.97. The van der Waals surface area contributed by atoms with Crippen LogP contribution < -0.4 is 20.3 Å². The summed E-state index contributed by atoms with van der Waals surface area (Å²) in [6.45, 7) is 2.49. The molecule has 156 valence electrons. The van der Waals surface area contributed by atoms with Gasteiger partial charge in [-0.2, -0.15) is 4.68 Å². The molecule has 0 aliphatic heterocycles. The van der Waals surface area contributed by atoms with E-state index in [1.54, 1.807) is 31.4 Å². The summed E-state index contributed by atoms with van der Waals surface area (Å²) in [6, 6.07) is 13.8. The van der Waals surface area contributed by atoms with Gasteiger partial charge in [-0.15, -0.1) is 5.10 Å². The van der Waals surface area contributed by atoms with Crippen LogP contribution in [-0.4, -0.2) is 51.5 Å².